The number of amides is 2. The Balaban J connectivity index is 1.46. The Morgan fingerprint density at radius 1 is 0.971 bits per heavy atom. The molecule has 0 unspecified atom stereocenters. The van der Waals surface area contributed by atoms with Gasteiger partial charge in [-0.3, -0.25) is 25.2 Å². The Hall–Kier alpha value is -4.38. The normalized spacial score (nSPS) is 11.1. The van der Waals surface area contributed by atoms with E-state index in [0.29, 0.717) is 11.4 Å². The van der Waals surface area contributed by atoms with Crippen LogP contribution in [0.25, 0.3) is 5.65 Å². The summed E-state index contributed by atoms with van der Waals surface area (Å²) in [6.07, 6.45) is 3.31. The van der Waals surface area contributed by atoms with Crippen molar-refractivity contribution in [3.63, 3.8) is 0 Å². The summed E-state index contributed by atoms with van der Waals surface area (Å²) in [7, 11) is -2.57. The summed E-state index contributed by atoms with van der Waals surface area (Å²) in [6, 6.07) is 15.7. The Morgan fingerprint density at radius 2 is 1.74 bits per heavy atom. The third-order valence-electron chi connectivity index (χ3n) is 4.90. The van der Waals surface area contributed by atoms with Crippen LogP contribution in [0.3, 0.4) is 0 Å². The second-order valence-corrected chi connectivity index (χ2v) is 9.02. The minimum atomic E-state index is -4.00. The number of benzene rings is 2. The number of pyridine rings is 1. The van der Waals surface area contributed by atoms with E-state index in [-0.39, 0.29) is 21.8 Å². The van der Waals surface area contributed by atoms with E-state index in [4.69, 9.17) is 4.74 Å². The average molecular weight is 480 g/mol. The van der Waals surface area contributed by atoms with Gasteiger partial charge in [-0.15, -0.1) is 0 Å². The first-order chi connectivity index (χ1) is 16.3. The highest BCUT2D eigenvalue weighted by atomic mass is 32.2. The van der Waals surface area contributed by atoms with Crippen molar-refractivity contribution in [2.24, 2.45) is 0 Å². The van der Waals surface area contributed by atoms with E-state index < -0.39 is 21.8 Å². The first-order valence-electron chi connectivity index (χ1n) is 10.1. The summed E-state index contributed by atoms with van der Waals surface area (Å²) in [4.78, 5) is 29.0. The third kappa shape index (κ3) is 4.84. The lowest BCUT2D eigenvalue weighted by Crippen LogP contribution is -2.41. The average Bonchev–Trinajstić information content (AvgIpc) is 3.26. The number of hydrazine groups is 1. The van der Waals surface area contributed by atoms with Gasteiger partial charge in [0.2, 0.25) is 0 Å². The molecule has 0 saturated carbocycles. The van der Waals surface area contributed by atoms with Gasteiger partial charge in [-0.25, -0.2) is 13.4 Å². The van der Waals surface area contributed by atoms with E-state index in [2.05, 4.69) is 20.6 Å². The summed E-state index contributed by atoms with van der Waals surface area (Å²) in [5, 5.41) is 0. The Kier molecular flexibility index (Phi) is 6.19. The van der Waals surface area contributed by atoms with Crippen LogP contribution in [0.1, 0.15) is 26.4 Å². The topological polar surface area (TPSA) is 131 Å². The number of carbonyl (C=O) groups is 2. The van der Waals surface area contributed by atoms with Crippen molar-refractivity contribution >= 4 is 33.2 Å². The molecule has 0 aliphatic carbocycles. The number of nitrogens with one attached hydrogen (secondary N) is 3. The smallest absolute Gasteiger partial charge is 0.289 e. The third-order valence-corrected chi connectivity index (χ3v) is 6.26. The number of nitrogens with zero attached hydrogens (tertiary/aromatic N) is 2. The number of methoxy groups -OCH3 is 1. The predicted octanol–water partition coefficient (Wildman–Crippen LogP) is 2.53. The van der Waals surface area contributed by atoms with Crippen molar-refractivity contribution in [1.29, 1.82) is 0 Å². The highest BCUT2D eigenvalue weighted by molar-refractivity contribution is 7.92. The molecule has 0 fully saturated rings. The maximum absolute atomic E-state index is 12.8. The van der Waals surface area contributed by atoms with Gasteiger partial charge in [0.15, 0.2) is 0 Å². The Labute approximate surface area is 195 Å². The standard InChI is InChI=1S/C23H21N5O5S/c1-15-10-11-28-14-19(24-21(28)12-15)23(30)26-25-22(29)16-6-5-7-17(13-16)34(31,32)27-18-8-3-4-9-20(18)33-2/h3-14,27H,1-2H3,(H,25,29)(H,26,30). The molecule has 0 aliphatic heterocycles. The van der Waals surface area contributed by atoms with E-state index in [1.165, 1.54) is 37.6 Å². The lowest BCUT2D eigenvalue weighted by Gasteiger charge is -2.12. The number of rotatable bonds is 6. The van der Waals surface area contributed by atoms with Crippen molar-refractivity contribution < 1.29 is 22.7 Å². The molecular formula is C23H21N5O5S. The van der Waals surface area contributed by atoms with Crippen molar-refractivity contribution in [3.8, 4) is 5.75 Å². The van der Waals surface area contributed by atoms with Gasteiger partial charge in [0.05, 0.1) is 17.7 Å². The number of carbonyl (C=O) groups excluding carboxylic acids is 2. The van der Waals surface area contributed by atoms with E-state index in [1.54, 1.807) is 34.9 Å². The molecule has 0 aliphatic rings. The minimum absolute atomic E-state index is 0.0360. The number of aromatic nitrogens is 2. The van der Waals surface area contributed by atoms with E-state index >= 15 is 0 Å². The fourth-order valence-electron chi connectivity index (χ4n) is 3.18. The van der Waals surface area contributed by atoms with Crippen molar-refractivity contribution in [1.82, 2.24) is 20.2 Å². The van der Waals surface area contributed by atoms with E-state index in [0.717, 1.165) is 5.56 Å². The number of hydrogen-bond donors (Lipinski definition) is 3. The second-order valence-electron chi connectivity index (χ2n) is 7.34. The van der Waals surface area contributed by atoms with Crippen LogP contribution in [0.15, 0.2) is 78.0 Å². The van der Waals surface area contributed by atoms with Gasteiger partial charge in [0, 0.05) is 18.0 Å². The van der Waals surface area contributed by atoms with E-state index in [9.17, 15) is 18.0 Å². The summed E-state index contributed by atoms with van der Waals surface area (Å²) in [5.74, 6) is -0.955. The highest BCUT2D eigenvalue weighted by Gasteiger charge is 2.19. The van der Waals surface area contributed by atoms with Crippen molar-refractivity contribution in [2.45, 2.75) is 11.8 Å². The molecule has 11 heteroatoms. The van der Waals surface area contributed by atoms with Gasteiger partial charge >= 0.3 is 0 Å². The Morgan fingerprint density at radius 3 is 2.53 bits per heavy atom. The summed E-state index contributed by atoms with van der Waals surface area (Å²) >= 11 is 0. The zero-order valence-electron chi connectivity index (χ0n) is 18.3. The monoisotopic (exact) mass is 479 g/mol. The van der Waals surface area contributed by atoms with Crippen LogP contribution < -0.4 is 20.3 Å². The van der Waals surface area contributed by atoms with Crippen LogP contribution in [0.5, 0.6) is 5.75 Å². The number of para-hydroxylation sites is 2. The SMILES string of the molecule is COc1ccccc1NS(=O)(=O)c1cccc(C(=O)NNC(=O)c2cn3ccc(C)cc3n2)c1. The molecule has 2 aromatic heterocycles. The fourth-order valence-corrected chi connectivity index (χ4v) is 4.30. The van der Waals surface area contributed by atoms with Gasteiger partial charge in [0.1, 0.15) is 17.1 Å². The van der Waals surface area contributed by atoms with Gasteiger partial charge in [-0.1, -0.05) is 18.2 Å². The Bertz CT molecular complexity index is 1500. The lowest BCUT2D eigenvalue weighted by atomic mass is 10.2. The van der Waals surface area contributed by atoms with Gasteiger partial charge in [0.25, 0.3) is 21.8 Å². The van der Waals surface area contributed by atoms with Gasteiger partial charge in [-0.2, -0.15) is 0 Å². The molecule has 174 valence electrons. The lowest BCUT2D eigenvalue weighted by molar-refractivity contribution is 0.0844. The molecule has 10 nitrogen and oxygen atoms in total. The molecule has 0 saturated heterocycles. The first-order valence-corrected chi connectivity index (χ1v) is 11.6. The maximum atomic E-state index is 12.8. The molecule has 34 heavy (non-hydrogen) atoms. The molecule has 4 aromatic rings. The van der Waals surface area contributed by atoms with Crippen LogP contribution in [-0.4, -0.2) is 36.7 Å². The second kappa shape index (κ2) is 9.24. The molecule has 0 bridgehead atoms. The predicted molar refractivity (Wildman–Crippen MR) is 125 cm³/mol. The number of hydrogen-bond acceptors (Lipinski definition) is 6. The first kappa shape index (κ1) is 22.8. The van der Waals surface area contributed by atoms with Gasteiger partial charge < -0.3 is 9.14 Å². The molecule has 0 spiro atoms. The van der Waals surface area contributed by atoms with Crippen LogP contribution in [0, 0.1) is 6.92 Å². The quantitative estimate of drug-likeness (QED) is 0.364. The number of anilines is 1. The summed E-state index contributed by atoms with van der Waals surface area (Å²) in [6.45, 7) is 1.91. The highest BCUT2D eigenvalue weighted by Crippen LogP contribution is 2.26. The molecule has 2 heterocycles. The van der Waals surface area contributed by atoms with Gasteiger partial charge in [-0.05, 0) is 55.0 Å². The molecule has 2 aromatic carbocycles. The van der Waals surface area contributed by atoms with Crippen LogP contribution in [0.4, 0.5) is 5.69 Å². The summed E-state index contributed by atoms with van der Waals surface area (Å²) < 4.78 is 35.0. The number of aryl methyl sites for hydroxylation is 1. The van der Waals surface area contributed by atoms with Crippen LogP contribution in [0.2, 0.25) is 0 Å². The molecule has 4 rings (SSSR count). The van der Waals surface area contributed by atoms with E-state index in [1.807, 2.05) is 19.1 Å². The largest absolute Gasteiger partial charge is 0.495 e. The molecular weight excluding hydrogens is 458 g/mol. The zero-order valence-corrected chi connectivity index (χ0v) is 19.1. The van der Waals surface area contributed by atoms with Crippen LogP contribution in [-0.2, 0) is 10.0 Å². The minimum Gasteiger partial charge on any atom is -0.495 e. The van der Waals surface area contributed by atoms with Crippen molar-refractivity contribution in [2.75, 3.05) is 11.8 Å². The number of imidazole rings is 1. The molecule has 0 atom stereocenters. The fraction of sp³-hybridized carbons (Fsp3) is 0.0870. The van der Waals surface area contributed by atoms with Crippen molar-refractivity contribution in [3.05, 3.63) is 89.9 Å². The summed E-state index contributed by atoms with van der Waals surface area (Å²) in [5.41, 5.74) is 6.56. The zero-order chi connectivity index (χ0) is 24.3. The number of ether oxygens (including phenoxy) is 1. The molecule has 3 N–H and O–H groups in total. The molecule has 2 amide bonds. The van der Waals surface area contributed by atoms with Crippen LogP contribution >= 0.6 is 0 Å². The molecule has 0 radical (unpaired) electrons. The number of fused-ring (bicyclic) bond motifs is 1. The maximum Gasteiger partial charge on any atom is 0.289 e. The number of sulfonamides is 1.